The minimum absolute atomic E-state index is 0.0123. The van der Waals surface area contributed by atoms with Crippen LogP contribution >= 0.6 is 0 Å². The molecule has 4 aromatic rings. The molecule has 0 unspecified atom stereocenters. The van der Waals surface area contributed by atoms with Gasteiger partial charge in [0.15, 0.2) is 5.78 Å². The quantitative estimate of drug-likeness (QED) is 0.171. The normalized spacial score (nSPS) is 19.1. The number of nitrogens with zero attached hydrogens (tertiary/aromatic N) is 2. The van der Waals surface area contributed by atoms with E-state index >= 15 is 0 Å². The van der Waals surface area contributed by atoms with Crippen LogP contribution in [0.4, 0.5) is 0 Å². The molecule has 1 fully saturated rings. The lowest BCUT2D eigenvalue weighted by Crippen LogP contribution is -2.38. The summed E-state index contributed by atoms with van der Waals surface area (Å²) in [6.45, 7) is 2.80. The monoisotopic (exact) mass is 630 g/mol. The van der Waals surface area contributed by atoms with Gasteiger partial charge in [0.2, 0.25) is 0 Å². The lowest BCUT2D eigenvalue weighted by atomic mass is 9.77. The first-order valence-corrected chi connectivity index (χ1v) is 17.7. The number of carbonyl (C=O) groups excluding carboxylic acids is 1. The number of aryl methyl sites for hydroxylation is 1. The number of Topliss-reactive ketones (excluding diaryl/α,β-unsaturated/α-hetero) is 1. The zero-order chi connectivity index (χ0) is 32.4. The van der Waals surface area contributed by atoms with Gasteiger partial charge in [0.05, 0.1) is 17.4 Å². The number of aliphatic hydroxyl groups is 1. The Kier molecular flexibility index (Phi) is 9.13. The van der Waals surface area contributed by atoms with Crippen LogP contribution in [0.15, 0.2) is 83.8 Å². The predicted molar refractivity (Wildman–Crippen MR) is 185 cm³/mol. The first-order valence-electron chi connectivity index (χ1n) is 17.7. The molecule has 3 aliphatic rings. The molecule has 3 atom stereocenters. The number of ether oxygens (including phenoxy) is 1. The highest BCUT2D eigenvalue weighted by Crippen LogP contribution is 2.50. The summed E-state index contributed by atoms with van der Waals surface area (Å²) in [6.07, 6.45) is 11.4. The van der Waals surface area contributed by atoms with E-state index in [4.69, 9.17) is 4.74 Å². The highest BCUT2D eigenvalue weighted by atomic mass is 16.5. The molecule has 2 aromatic carbocycles. The van der Waals surface area contributed by atoms with E-state index in [0.717, 1.165) is 55.5 Å². The fourth-order valence-electron chi connectivity index (χ4n) is 8.42. The summed E-state index contributed by atoms with van der Waals surface area (Å²) in [5.41, 5.74) is 5.99. The maximum absolute atomic E-state index is 14.3. The highest BCUT2D eigenvalue weighted by Gasteiger charge is 2.43. The molecule has 4 heterocycles. The minimum Gasteiger partial charge on any atom is -0.487 e. The lowest BCUT2D eigenvalue weighted by Gasteiger charge is -2.41. The van der Waals surface area contributed by atoms with E-state index in [2.05, 4.69) is 42.2 Å². The molecule has 1 N–H and O–H groups in total. The second kappa shape index (κ2) is 13.6. The van der Waals surface area contributed by atoms with E-state index in [1.54, 1.807) is 16.8 Å². The Labute approximate surface area is 277 Å². The number of carbonyl (C=O) groups is 1. The number of benzene rings is 2. The minimum atomic E-state index is -0.644. The zero-order valence-electron chi connectivity index (χ0n) is 27.5. The van der Waals surface area contributed by atoms with Gasteiger partial charge < -0.3 is 14.4 Å². The number of aromatic nitrogens is 2. The maximum Gasteiger partial charge on any atom is 0.260 e. The van der Waals surface area contributed by atoms with Crippen LogP contribution in [0.1, 0.15) is 103 Å². The van der Waals surface area contributed by atoms with Crippen molar-refractivity contribution in [2.24, 2.45) is 5.92 Å². The standard InChI is InChI=1S/C41H46N2O4/c1-2-28-15-18-39-32(24-28)30(27-41(47-39)19-7-8-20-41)16-17-37(44)31(23-29-11-4-3-5-12-29)25-38(45)34-26-33(35-13-6-9-21-42-35)40(46)43-22-10-14-36(34)43/h3-6,9,11-13,15,18,21,24,26,30-31,37,44H,2,7-8,10,14,16-17,19-20,22-23,25,27H2,1H3/t30-,31+,37+/m0/s1. The van der Waals surface area contributed by atoms with E-state index in [9.17, 15) is 14.7 Å². The second-order valence-electron chi connectivity index (χ2n) is 14.0. The summed E-state index contributed by atoms with van der Waals surface area (Å²) in [4.78, 5) is 32.1. The number of aliphatic hydroxyl groups excluding tert-OH is 1. The smallest absolute Gasteiger partial charge is 0.260 e. The number of rotatable bonds is 11. The summed E-state index contributed by atoms with van der Waals surface area (Å²) in [5.74, 6) is 1.07. The van der Waals surface area contributed by atoms with E-state index in [1.807, 2.05) is 36.4 Å². The molecule has 1 spiro atoms. The fourth-order valence-corrected chi connectivity index (χ4v) is 8.42. The van der Waals surface area contributed by atoms with Gasteiger partial charge >= 0.3 is 0 Å². The summed E-state index contributed by atoms with van der Waals surface area (Å²) >= 11 is 0. The molecule has 0 radical (unpaired) electrons. The Bertz CT molecular complexity index is 1770. The molecule has 0 amide bonds. The van der Waals surface area contributed by atoms with Crippen molar-refractivity contribution in [3.05, 3.63) is 117 Å². The third-order valence-electron chi connectivity index (χ3n) is 11.0. The summed E-state index contributed by atoms with van der Waals surface area (Å²) < 4.78 is 8.47. The summed E-state index contributed by atoms with van der Waals surface area (Å²) in [6, 6.07) is 24.1. The van der Waals surface area contributed by atoms with Crippen LogP contribution in [-0.2, 0) is 25.8 Å². The van der Waals surface area contributed by atoms with Gasteiger partial charge in [-0.3, -0.25) is 14.6 Å². The van der Waals surface area contributed by atoms with Gasteiger partial charge in [0.1, 0.15) is 11.4 Å². The van der Waals surface area contributed by atoms with Crippen molar-refractivity contribution in [1.82, 2.24) is 9.55 Å². The van der Waals surface area contributed by atoms with E-state index in [-0.39, 0.29) is 29.3 Å². The van der Waals surface area contributed by atoms with Crippen molar-refractivity contribution in [3.63, 3.8) is 0 Å². The van der Waals surface area contributed by atoms with Crippen LogP contribution in [0.2, 0.25) is 0 Å². The van der Waals surface area contributed by atoms with Crippen molar-refractivity contribution in [2.75, 3.05) is 0 Å². The van der Waals surface area contributed by atoms with Crippen LogP contribution in [0, 0.1) is 5.92 Å². The van der Waals surface area contributed by atoms with Gasteiger partial charge in [0, 0.05) is 30.4 Å². The Morgan fingerprint density at radius 1 is 1.02 bits per heavy atom. The Morgan fingerprint density at radius 3 is 2.60 bits per heavy atom. The molecule has 6 nitrogen and oxygen atoms in total. The molecule has 2 aliphatic heterocycles. The Morgan fingerprint density at radius 2 is 1.83 bits per heavy atom. The summed E-state index contributed by atoms with van der Waals surface area (Å²) in [5, 5.41) is 11.9. The van der Waals surface area contributed by atoms with Crippen LogP contribution in [0.25, 0.3) is 11.3 Å². The van der Waals surface area contributed by atoms with Gasteiger partial charge in [0.25, 0.3) is 5.56 Å². The average Bonchev–Trinajstić information content (AvgIpc) is 3.78. The van der Waals surface area contributed by atoms with Crippen LogP contribution in [0.3, 0.4) is 0 Å². The largest absolute Gasteiger partial charge is 0.487 e. The number of ketones is 1. The van der Waals surface area contributed by atoms with E-state index < -0.39 is 6.10 Å². The van der Waals surface area contributed by atoms with Crippen LogP contribution in [-0.4, -0.2) is 32.1 Å². The van der Waals surface area contributed by atoms with Gasteiger partial charge in [-0.2, -0.15) is 0 Å². The van der Waals surface area contributed by atoms with Gasteiger partial charge in [-0.05, 0) is 123 Å². The molecule has 1 saturated carbocycles. The van der Waals surface area contributed by atoms with Crippen molar-refractivity contribution < 1.29 is 14.6 Å². The molecule has 0 bridgehead atoms. The molecule has 6 heteroatoms. The van der Waals surface area contributed by atoms with Crippen molar-refractivity contribution in [1.29, 1.82) is 0 Å². The molecule has 2 aromatic heterocycles. The molecular formula is C41H46N2O4. The fraction of sp³-hybridized carbons (Fsp3) is 0.439. The van der Waals surface area contributed by atoms with Crippen molar-refractivity contribution in [3.8, 4) is 17.0 Å². The lowest BCUT2D eigenvalue weighted by molar-refractivity contribution is 0.0343. The van der Waals surface area contributed by atoms with Gasteiger partial charge in [-0.15, -0.1) is 0 Å². The van der Waals surface area contributed by atoms with Gasteiger partial charge in [-0.1, -0.05) is 55.5 Å². The Balaban J connectivity index is 1.15. The number of hydrogen-bond acceptors (Lipinski definition) is 5. The first kappa shape index (κ1) is 31.6. The predicted octanol–water partition coefficient (Wildman–Crippen LogP) is 7.87. The topological polar surface area (TPSA) is 81.4 Å². The molecule has 1 aliphatic carbocycles. The molecule has 7 rings (SSSR count). The first-order chi connectivity index (χ1) is 22.9. The average molecular weight is 631 g/mol. The second-order valence-corrected chi connectivity index (χ2v) is 14.0. The maximum atomic E-state index is 14.3. The molecule has 47 heavy (non-hydrogen) atoms. The van der Waals surface area contributed by atoms with Crippen molar-refractivity contribution in [2.45, 2.75) is 108 Å². The SMILES string of the molecule is CCc1ccc2c(c1)[C@@H](CC[C@@H](O)[C@@H](CC(=O)c1cc(-c3ccccn3)c(=O)n3c1CCC3)Cc1ccccc1)CC1(CCCC1)O2. The van der Waals surface area contributed by atoms with Crippen LogP contribution < -0.4 is 10.3 Å². The Hall–Kier alpha value is -4.03. The molecule has 244 valence electrons. The highest BCUT2D eigenvalue weighted by molar-refractivity contribution is 5.98. The van der Waals surface area contributed by atoms with Crippen LogP contribution in [0.5, 0.6) is 5.75 Å². The van der Waals surface area contributed by atoms with E-state index in [1.165, 1.54) is 24.0 Å². The number of pyridine rings is 2. The van der Waals surface area contributed by atoms with E-state index in [0.29, 0.717) is 48.5 Å². The number of hydrogen-bond donors (Lipinski definition) is 1. The zero-order valence-corrected chi connectivity index (χ0v) is 27.5. The third-order valence-corrected chi connectivity index (χ3v) is 11.0. The molecule has 0 saturated heterocycles. The third kappa shape index (κ3) is 6.58. The summed E-state index contributed by atoms with van der Waals surface area (Å²) in [7, 11) is 0. The van der Waals surface area contributed by atoms with Gasteiger partial charge in [-0.25, -0.2) is 0 Å². The number of fused-ring (bicyclic) bond motifs is 2. The van der Waals surface area contributed by atoms with Crippen molar-refractivity contribution >= 4 is 5.78 Å². The molecular weight excluding hydrogens is 584 g/mol.